The summed E-state index contributed by atoms with van der Waals surface area (Å²) in [7, 11) is 0. The van der Waals surface area contributed by atoms with E-state index in [0.29, 0.717) is 0 Å². The average Bonchev–Trinajstić information content (AvgIpc) is 3.21. The van der Waals surface area contributed by atoms with Crippen LogP contribution in [0.15, 0.2) is 42.7 Å². The van der Waals surface area contributed by atoms with E-state index >= 15 is 0 Å². The number of phenolic OH excluding ortho intramolecular Hbond substituents is 1. The van der Waals surface area contributed by atoms with E-state index < -0.39 is 0 Å². The van der Waals surface area contributed by atoms with Crippen molar-refractivity contribution in [2.45, 2.75) is 12.8 Å². The van der Waals surface area contributed by atoms with Crippen LogP contribution in [-0.2, 0) is 0 Å². The third kappa shape index (κ3) is 2.62. The normalized spacial score (nSPS) is 14.4. The molecule has 18 heavy (non-hydrogen) atoms. The molecule has 3 rings (SSSR count). The molecule has 3 heteroatoms. The zero-order valence-electron chi connectivity index (χ0n) is 10.0. The van der Waals surface area contributed by atoms with Crippen LogP contribution in [0.5, 0.6) is 11.5 Å². The van der Waals surface area contributed by atoms with Gasteiger partial charge in [-0.15, -0.1) is 0 Å². The number of hydrogen-bond acceptors (Lipinski definition) is 3. The van der Waals surface area contributed by atoms with E-state index in [0.717, 1.165) is 29.4 Å². The van der Waals surface area contributed by atoms with Crippen molar-refractivity contribution in [1.29, 1.82) is 0 Å². The molecular formula is C15H15NO2. The summed E-state index contributed by atoms with van der Waals surface area (Å²) in [6.45, 7) is 0.783. The molecule has 1 heterocycles. The van der Waals surface area contributed by atoms with Gasteiger partial charge in [-0.2, -0.15) is 0 Å². The van der Waals surface area contributed by atoms with Gasteiger partial charge >= 0.3 is 0 Å². The predicted molar refractivity (Wildman–Crippen MR) is 69.6 cm³/mol. The minimum absolute atomic E-state index is 0.261. The van der Waals surface area contributed by atoms with Gasteiger partial charge in [0.15, 0.2) is 0 Å². The highest BCUT2D eigenvalue weighted by molar-refractivity contribution is 5.65. The van der Waals surface area contributed by atoms with Crippen LogP contribution in [0.3, 0.4) is 0 Å². The van der Waals surface area contributed by atoms with Gasteiger partial charge in [-0.05, 0) is 42.5 Å². The second-order valence-electron chi connectivity index (χ2n) is 4.71. The Morgan fingerprint density at radius 2 is 2.06 bits per heavy atom. The number of rotatable bonds is 4. The van der Waals surface area contributed by atoms with Crippen LogP contribution >= 0.6 is 0 Å². The summed E-state index contributed by atoms with van der Waals surface area (Å²) in [6.07, 6.45) is 6.06. The maximum Gasteiger partial charge on any atom is 0.138 e. The van der Waals surface area contributed by atoms with Crippen molar-refractivity contribution in [3.63, 3.8) is 0 Å². The molecule has 1 N–H and O–H groups in total. The lowest BCUT2D eigenvalue weighted by atomic mass is 10.1. The van der Waals surface area contributed by atoms with Gasteiger partial charge < -0.3 is 9.84 Å². The van der Waals surface area contributed by atoms with E-state index in [4.69, 9.17) is 4.74 Å². The number of phenols is 1. The Kier molecular flexibility index (Phi) is 2.89. The van der Waals surface area contributed by atoms with Crippen molar-refractivity contribution in [3.8, 4) is 22.6 Å². The molecule has 0 amide bonds. The molecule has 0 saturated heterocycles. The summed E-state index contributed by atoms with van der Waals surface area (Å²) in [5.41, 5.74) is 1.90. The van der Waals surface area contributed by atoms with Crippen LogP contribution in [0.1, 0.15) is 12.8 Å². The average molecular weight is 241 g/mol. The van der Waals surface area contributed by atoms with E-state index in [1.54, 1.807) is 24.5 Å². The molecule has 0 radical (unpaired) electrons. The van der Waals surface area contributed by atoms with Crippen LogP contribution in [0, 0.1) is 5.92 Å². The highest BCUT2D eigenvalue weighted by atomic mass is 16.5. The standard InChI is InChI=1S/C15H15NO2/c17-14-3-1-2-12(6-14)13-7-15(9-16-8-13)18-10-11-4-5-11/h1-3,6-9,11,17H,4-5,10H2. The van der Waals surface area contributed by atoms with Gasteiger partial charge in [0, 0.05) is 11.8 Å². The number of aromatic nitrogens is 1. The smallest absolute Gasteiger partial charge is 0.138 e. The number of nitrogens with zero attached hydrogens (tertiary/aromatic N) is 1. The SMILES string of the molecule is Oc1cccc(-c2cncc(OCC3CC3)c2)c1. The first-order chi connectivity index (χ1) is 8.81. The summed E-state index contributed by atoms with van der Waals surface area (Å²) in [6, 6.07) is 9.11. The first kappa shape index (κ1) is 11.1. The number of hydrogen-bond donors (Lipinski definition) is 1. The molecule has 0 bridgehead atoms. The summed E-state index contributed by atoms with van der Waals surface area (Å²) in [5, 5.41) is 9.48. The van der Waals surface area contributed by atoms with Crippen molar-refractivity contribution in [2.24, 2.45) is 5.92 Å². The Bertz CT molecular complexity index is 550. The molecule has 1 fully saturated rings. The monoisotopic (exact) mass is 241 g/mol. The van der Waals surface area contributed by atoms with Gasteiger partial charge in [0.2, 0.25) is 0 Å². The Morgan fingerprint density at radius 3 is 2.83 bits per heavy atom. The van der Waals surface area contributed by atoms with Gasteiger partial charge in [0.05, 0.1) is 12.8 Å². The van der Waals surface area contributed by atoms with E-state index in [1.807, 2.05) is 18.2 Å². The topological polar surface area (TPSA) is 42.4 Å². The van der Waals surface area contributed by atoms with E-state index in [2.05, 4.69) is 4.98 Å². The largest absolute Gasteiger partial charge is 0.508 e. The van der Waals surface area contributed by atoms with Crippen LogP contribution in [-0.4, -0.2) is 16.7 Å². The number of benzene rings is 1. The lowest BCUT2D eigenvalue weighted by Gasteiger charge is -2.07. The van der Waals surface area contributed by atoms with Crippen LogP contribution in [0.2, 0.25) is 0 Å². The first-order valence-corrected chi connectivity index (χ1v) is 6.18. The number of aromatic hydroxyl groups is 1. The molecule has 1 aromatic heterocycles. The predicted octanol–water partition coefficient (Wildman–Crippen LogP) is 3.24. The van der Waals surface area contributed by atoms with Gasteiger partial charge in [0.1, 0.15) is 11.5 Å². The van der Waals surface area contributed by atoms with Crippen molar-refractivity contribution < 1.29 is 9.84 Å². The quantitative estimate of drug-likeness (QED) is 0.893. The molecule has 2 aromatic rings. The second-order valence-corrected chi connectivity index (χ2v) is 4.71. The fraction of sp³-hybridized carbons (Fsp3) is 0.267. The zero-order valence-corrected chi connectivity index (χ0v) is 10.0. The molecule has 92 valence electrons. The van der Waals surface area contributed by atoms with Crippen LogP contribution in [0.4, 0.5) is 0 Å². The van der Waals surface area contributed by atoms with E-state index in [9.17, 15) is 5.11 Å². The highest BCUT2D eigenvalue weighted by Crippen LogP contribution is 2.30. The summed E-state index contributed by atoms with van der Waals surface area (Å²) in [5.74, 6) is 1.79. The molecule has 1 aromatic carbocycles. The lowest BCUT2D eigenvalue weighted by Crippen LogP contribution is -1.99. The van der Waals surface area contributed by atoms with Gasteiger partial charge in [0.25, 0.3) is 0 Å². The van der Waals surface area contributed by atoms with Crippen molar-refractivity contribution in [1.82, 2.24) is 4.98 Å². The van der Waals surface area contributed by atoms with Gasteiger partial charge in [-0.1, -0.05) is 12.1 Å². The molecule has 1 aliphatic carbocycles. The fourth-order valence-electron chi connectivity index (χ4n) is 1.84. The zero-order chi connectivity index (χ0) is 12.4. The van der Waals surface area contributed by atoms with Gasteiger partial charge in [-0.3, -0.25) is 4.98 Å². The van der Waals surface area contributed by atoms with Crippen molar-refractivity contribution in [3.05, 3.63) is 42.7 Å². The first-order valence-electron chi connectivity index (χ1n) is 6.18. The molecule has 0 aliphatic heterocycles. The fourth-order valence-corrected chi connectivity index (χ4v) is 1.84. The van der Waals surface area contributed by atoms with Gasteiger partial charge in [-0.25, -0.2) is 0 Å². The van der Waals surface area contributed by atoms with Crippen molar-refractivity contribution >= 4 is 0 Å². The Hall–Kier alpha value is -2.03. The van der Waals surface area contributed by atoms with Crippen LogP contribution < -0.4 is 4.74 Å². The summed E-state index contributed by atoms with van der Waals surface area (Å²) >= 11 is 0. The molecular weight excluding hydrogens is 226 g/mol. The molecule has 3 nitrogen and oxygen atoms in total. The highest BCUT2D eigenvalue weighted by Gasteiger charge is 2.21. The van der Waals surface area contributed by atoms with E-state index in [-0.39, 0.29) is 5.75 Å². The third-order valence-electron chi connectivity index (χ3n) is 3.08. The Balaban J connectivity index is 1.80. The molecule has 0 unspecified atom stereocenters. The maximum atomic E-state index is 9.48. The number of pyridine rings is 1. The third-order valence-corrected chi connectivity index (χ3v) is 3.08. The summed E-state index contributed by atoms with van der Waals surface area (Å²) < 4.78 is 5.70. The Labute approximate surface area is 106 Å². The second kappa shape index (κ2) is 4.69. The van der Waals surface area contributed by atoms with Crippen molar-refractivity contribution in [2.75, 3.05) is 6.61 Å². The summed E-state index contributed by atoms with van der Waals surface area (Å²) in [4.78, 5) is 4.18. The minimum Gasteiger partial charge on any atom is -0.508 e. The molecule has 1 aliphatic rings. The van der Waals surface area contributed by atoms with Crippen LogP contribution in [0.25, 0.3) is 11.1 Å². The molecule has 0 atom stereocenters. The molecule has 0 spiro atoms. The van der Waals surface area contributed by atoms with E-state index in [1.165, 1.54) is 12.8 Å². The number of ether oxygens (including phenoxy) is 1. The maximum absolute atomic E-state index is 9.48. The Morgan fingerprint density at radius 1 is 1.17 bits per heavy atom. The lowest BCUT2D eigenvalue weighted by molar-refractivity contribution is 0.299. The minimum atomic E-state index is 0.261. The molecule has 1 saturated carbocycles.